The molecule has 0 aliphatic carbocycles. The van der Waals surface area contributed by atoms with Gasteiger partial charge in [-0.05, 0) is 35.0 Å². The zero-order valence-electron chi connectivity index (χ0n) is 10.1. The van der Waals surface area contributed by atoms with Crippen molar-refractivity contribution in [1.29, 1.82) is 0 Å². The largest absolute Gasteiger partial charge is 0.389 e. The average Bonchev–Trinajstić information content (AvgIpc) is 2.31. The number of benzene rings is 1. The van der Waals surface area contributed by atoms with Gasteiger partial charge in [-0.1, -0.05) is 24.6 Å². The summed E-state index contributed by atoms with van der Waals surface area (Å²) >= 11 is 8.81. The molecule has 108 valence electrons. The van der Waals surface area contributed by atoms with Crippen molar-refractivity contribution in [3.05, 3.63) is 33.0 Å². The monoisotopic (exact) mass is 361 g/mol. The average molecular weight is 363 g/mol. The van der Waals surface area contributed by atoms with Crippen molar-refractivity contribution >= 4 is 27.5 Å². The van der Waals surface area contributed by atoms with Gasteiger partial charge in [0, 0.05) is 22.5 Å². The van der Waals surface area contributed by atoms with Crippen LogP contribution in [0.1, 0.15) is 31.4 Å². The quantitative estimate of drug-likeness (QED) is 0.558. The fourth-order valence-electron chi connectivity index (χ4n) is 1.73. The first-order valence-corrected chi connectivity index (χ1v) is 6.87. The van der Waals surface area contributed by atoms with Crippen LogP contribution in [0.4, 0.5) is 17.6 Å². The molecule has 1 unspecified atom stereocenters. The molecular formula is C12H13BrClF4N. The standard InChI is InChI=1S/C12H13BrClF4N/c1-2-19-9(5-6-12(16,17)18)7-3-4-8(13)10(14)11(7)15/h3-4,9,19H,2,5-6H2,1H3. The number of halogens is 6. The van der Waals surface area contributed by atoms with E-state index in [2.05, 4.69) is 21.2 Å². The van der Waals surface area contributed by atoms with Gasteiger partial charge in [0.25, 0.3) is 0 Å². The molecule has 1 rings (SSSR count). The lowest BCUT2D eigenvalue weighted by Gasteiger charge is -2.20. The lowest BCUT2D eigenvalue weighted by Crippen LogP contribution is -2.24. The van der Waals surface area contributed by atoms with Crippen molar-refractivity contribution < 1.29 is 17.6 Å². The van der Waals surface area contributed by atoms with E-state index < -0.39 is 24.5 Å². The number of alkyl halides is 3. The Morgan fingerprint density at radius 2 is 2.00 bits per heavy atom. The molecular weight excluding hydrogens is 349 g/mol. The highest BCUT2D eigenvalue weighted by molar-refractivity contribution is 9.10. The van der Waals surface area contributed by atoms with Gasteiger partial charge < -0.3 is 5.32 Å². The van der Waals surface area contributed by atoms with Gasteiger partial charge >= 0.3 is 6.18 Å². The lowest BCUT2D eigenvalue weighted by molar-refractivity contribution is -0.136. The van der Waals surface area contributed by atoms with Crippen molar-refractivity contribution in [2.75, 3.05) is 6.54 Å². The van der Waals surface area contributed by atoms with E-state index in [1.54, 1.807) is 6.92 Å². The van der Waals surface area contributed by atoms with E-state index in [0.29, 0.717) is 11.0 Å². The molecule has 0 saturated carbocycles. The van der Waals surface area contributed by atoms with Crippen LogP contribution >= 0.6 is 27.5 Å². The van der Waals surface area contributed by atoms with Gasteiger partial charge in [0.05, 0.1) is 5.02 Å². The smallest absolute Gasteiger partial charge is 0.310 e. The SMILES string of the molecule is CCNC(CCC(F)(F)F)c1ccc(Br)c(Cl)c1F. The van der Waals surface area contributed by atoms with Crippen LogP contribution in [0.25, 0.3) is 0 Å². The summed E-state index contributed by atoms with van der Waals surface area (Å²) in [6, 6.07) is 2.26. The van der Waals surface area contributed by atoms with Crippen LogP contribution in [0.5, 0.6) is 0 Å². The zero-order valence-corrected chi connectivity index (χ0v) is 12.5. The summed E-state index contributed by atoms with van der Waals surface area (Å²) in [5, 5.41) is 2.73. The van der Waals surface area contributed by atoms with Gasteiger partial charge in [-0.3, -0.25) is 0 Å². The first-order chi connectivity index (χ1) is 8.76. The molecule has 0 aromatic heterocycles. The Hall–Kier alpha value is -0.330. The Labute approximate surface area is 122 Å². The summed E-state index contributed by atoms with van der Waals surface area (Å²) in [5.74, 6) is -0.691. The molecule has 1 nitrogen and oxygen atoms in total. The second-order valence-corrected chi connectivity index (χ2v) is 5.26. The molecule has 0 aliphatic heterocycles. The fraction of sp³-hybridized carbons (Fsp3) is 0.500. The zero-order chi connectivity index (χ0) is 14.6. The molecule has 0 aliphatic rings. The van der Waals surface area contributed by atoms with E-state index in [0.717, 1.165) is 0 Å². The Bertz CT molecular complexity index is 436. The second-order valence-electron chi connectivity index (χ2n) is 4.03. The van der Waals surface area contributed by atoms with Gasteiger partial charge in [-0.25, -0.2) is 4.39 Å². The van der Waals surface area contributed by atoms with Gasteiger partial charge in [0.2, 0.25) is 0 Å². The topological polar surface area (TPSA) is 12.0 Å². The van der Waals surface area contributed by atoms with Crippen LogP contribution in [0.2, 0.25) is 5.02 Å². The van der Waals surface area contributed by atoms with Crippen molar-refractivity contribution in [3.8, 4) is 0 Å². The van der Waals surface area contributed by atoms with E-state index in [1.807, 2.05) is 0 Å². The van der Waals surface area contributed by atoms with Gasteiger partial charge in [0.15, 0.2) is 0 Å². The van der Waals surface area contributed by atoms with E-state index in [9.17, 15) is 17.6 Å². The molecule has 1 aromatic rings. The van der Waals surface area contributed by atoms with Gasteiger partial charge in [-0.2, -0.15) is 13.2 Å². The molecule has 0 heterocycles. The van der Waals surface area contributed by atoms with Crippen molar-refractivity contribution in [2.45, 2.75) is 32.0 Å². The molecule has 1 aromatic carbocycles. The third kappa shape index (κ3) is 4.93. The number of hydrogen-bond donors (Lipinski definition) is 1. The van der Waals surface area contributed by atoms with E-state index >= 15 is 0 Å². The van der Waals surface area contributed by atoms with Gasteiger partial charge in [-0.15, -0.1) is 0 Å². The number of hydrogen-bond acceptors (Lipinski definition) is 1. The molecule has 0 amide bonds. The highest BCUT2D eigenvalue weighted by atomic mass is 79.9. The lowest BCUT2D eigenvalue weighted by atomic mass is 10.0. The highest BCUT2D eigenvalue weighted by Crippen LogP contribution is 2.33. The molecule has 0 spiro atoms. The maximum Gasteiger partial charge on any atom is 0.389 e. The third-order valence-corrected chi connectivity index (χ3v) is 3.87. The van der Waals surface area contributed by atoms with E-state index in [4.69, 9.17) is 11.6 Å². The normalized spacial score (nSPS) is 13.6. The molecule has 0 bridgehead atoms. The minimum absolute atomic E-state index is 0.118. The molecule has 0 fully saturated rings. The van der Waals surface area contributed by atoms with Crippen molar-refractivity contribution in [3.63, 3.8) is 0 Å². The summed E-state index contributed by atoms with van der Waals surface area (Å²) in [7, 11) is 0. The van der Waals surface area contributed by atoms with Crippen LogP contribution in [0.15, 0.2) is 16.6 Å². The fourth-order valence-corrected chi connectivity index (χ4v) is 2.21. The maximum absolute atomic E-state index is 14.0. The minimum Gasteiger partial charge on any atom is -0.310 e. The molecule has 0 radical (unpaired) electrons. The summed E-state index contributed by atoms with van der Waals surface area (Å²) < 4.78 is 51.1. The third-order valence-electron chi connectivity index (χ3n) is 2.61. The van der Waals surface area contributed by atoms with E-state index in [1.165, 1.54) is 12.1 Å². The predicted octanol–water partition coefficient (Wildman–Crippen LogP) is 5.23. The van der Waals surface area contributed by atoms with Crippen molar-refractivity contribution in [2.24, 2.45) is 0 Å². The van der Waals surface area contributed by atoms with Crippen LogP contribution < -0.4 is 5.32 Å². The Morgan fingerprint density at radius 1 is 1.37 bits per heavy atom. The molecule has 1 N–H and O–H groups in total. The molecule has 0 saturated heterocycles. The summed E-state index contributed by atoms with van der Waals surface area (Å²) in [4.78, 5) is 0. The summed E-state index contributed by atoms with van der Waals surface area (Å²) in [6.45, 7) is 2.19. The van der Waals surface area contributed by atoms with Gasteiger partial charge in [0.1, 0.15) is 5.82 Å². The molecule has 7 heteroatoms. The first kappa shape index (κ1) is 16.7. The van der Waals surface area contributed by atoms with Crippen LogP contribution in [0.3, 0.4) is 0 Å². The minimum atomic E-state index is -4.26. The first-order valence-electron chi connectivity index (χ1n) is 5.69. The number of nitrogens with one attached hydrogen (secondary N) is 1. The van der Waals surface area contributed by atoms with E-state index in [-0.39, 0.29) is 17.0 Å². The predicted molar refractivity (Wildman–Crippen MR) is 70.8 cm³/mol. The van der Waals surface area contributed by atoms with Crippen LogP contribution in [0, 0.1) is 5.82 Å². The Morgan fingerprint density at radius 3 is 2.53 bits per heavy atom. The van der Waals surface area contributed by atoms with Crippen LogP contribution in [-0.4, -0.2) is 12.7 Å². The summed E-state index contributed by atoms with van der Waals surface area (Å²) in [6.07, 6.45) is -5.46. The molecule has 1 atom stereocenters. The second kappa shape index (κ2) is 6.90. The summed E-state index contributed by atoms with van der Waals surface area (Å²) in [5.41, 5.74) is 0.152. The maximum atomic E-state index is 14.0. The highest BCUT2D eigenvalue weighted by Gasteiger charge is 2.29. The molecule has 19 heavy (non-hydrogen) atoms. The Balaban J connectivity index is 2.96. The Kier molecular flexibility index (Phi) is 6.08. The van der Waals surface area contributed by atoms with Crippen molar-refractivity contribution in [1.82, 2.24) is 5.32 Å². The van der Waals surface area contributed by atoms with Crippen LogP contribution in [-0.2, 0) is 0 Å². The number of rotatable bonds is 5.